The fourth-order valence-corrected chi connectivity index (χ4v) is 3.60. The fraction of sp³-hybridized carbons (Fsp3) is 0.318. The zero-order chi connectivity index (χ0) is 21.1. The first-order chi connectivity index (χ1) is 14.5. The van der Waals surface area contributed by atoms with Gasteiger partial charge >= 0.3 is 0 Å². The molecule has 1 aliphatic heterocycles. The predicted molar refractivity (Wildman–Crippen MR) is 119 cm³/mol. The van der Waals surface area contributed by atoms with Crippen LogP contribution in [0.2, 0.25) is 0 Å². The van der Waals surface area contributed by atoms with Crippen LogP contribution in [0.3, 0.4) is 0 Å². The molecule has 1 aromatic carbocycles. The minimum absolute atomic E-state index is 0.254. The van der Waals surface area contributed by atoms with Crippen LogP contribution in [0, 0.1) is 0 Å². The molecular formula is C22H27N7O. The van der Waals surface area contributed by atoms with Gasteiger partial charge in [-0.15, -0.1) is 0 Å². The third-order valence-electron chi connectivity index (χ3n) is 5.41. The fourth-order valence-electron chi connectivity index (χ4n) is 3.60. The van der Waals surface area contributed by atoms with Gasteiger partial charge in [0.1, 0.15) is 12.4 Å². The smallest absolute Gasteiger partial charge is 0.258 e. The molecule has 1 aliphatic rings. The Hall–Kier alpha value is -3.39. The Balaban J connectivity index is 1.47. The maximum atomic E-state index is 5.96. The van der Waals surface area contributed by atoms with Crippen LogP contribution >= 0.6 is 0 Å². The first-order valence-corrected chi connectivity index (χ1v) is 9.97. The lowest BCUT2D eigenvalue weighted by atomic mass is 10.1. The highest BCUT2D eigenvalue weighted by Crippen LogP contribution is 2.27. The summed E-state index contributed by atoms with van der Waals surface area (Å²) in [6.07, 6.45) is 4.49. The van der Waals surface area contributed by atoms with E-state index in [1.54, 1.807) is 18.5 Å². The Bertz CT molecular complexity index is 1010. The topological polar surface area (TPSA) is 106 Å². The van der Waals surface area contributed by atoms with Gasteiger partial charge in [0, 0.05) is 36.6 Å². The number of pyridine rings is 1. The van der Waals surface area contributed by atoms with E-state index in [0.717, 1.165) is 24.2 Å². The monoisotopic (exact) mass is 405 g/mol. The number of benzene rings is 1. The maximum absolute atomic E-state index is 5.96. The van der Waals surface area contributed by atoms with Gasteiger partial charge in [-0.1, -0.05) is 12.1 Å². The Morgan fingerprint density at radius 1 is 1.13 bits per heavy atom. The highest BCUT2D eigenvalue weighted by Gasteiger charge is 2.24. The van der Waals surface area contributed by atoms with Crippen molar-refractivity contribution in [2.75, 3.05) is 43.6 Å². The van der Waals surface area contributed by atoms with Crippen molar-refractivity contribution in [3.8, 4) is 17.1 Å². The molecule has 8 heteroatoms. The number of nitrogen functional groups attached to an aromatic ring is 2. The van der Waals surface area contributed by atoms with E-state index in [1.165, 1.54) is 12.1 Å². The number of likely N-dealkylation sites (N-methyl/N-ethyl adjacent to an activating group) is 1. The van der Waals surface area contributed by atoms with Gasteiger partial charge in [-0.05, 0) is 50.3 Å². The second kappa shape index (κ2) is 8.54. The average molecular weight is 406 g/mol. The minimum Gasteiger partial charge on any atom is -0.470 e. The van der Waals surface area contributed by atoms with Gasteiger partial charge in [-0.25, -0.2) is 15.0 Å². The van der Waals surface area contributed by atoms with Crippen LogP contribution in [0.15, 0.2) is 48.8 Å². The largest absolute Gasteiger partial charge is 0.470 e. The van der Waals surface area contributed by atoms with Crippen molar-refractivity contribution in [3.05, 3.63) is 54.4 Å². The lowest BCUT2D eigenvalue weighted by Crippen LogP contribution is -2.31. The van der Waals surface area contributed by atoms with Crippen LogP contribution in [0.4, 0.5) is 17.3 Å². The Morgan fingerprint density at radius 3 is 2.63 bits per heavy atom. The molecule has 2 aromatic heterocycles. The van der Waals surface area contributed by atoms with Crippen molar-refractivity contribution in [1.29, 1.82) is 0 Å². The van der Waals surface area contributed by atoms with E-state index in [-0.39, 0.29) is 12.4 Å². The number of aromatic nitrogens is 3. The first-order valence-electron chi connectivity index (χ1n) is 9.97. The van der Waals surface area contributed by atoms with E-state index >= 15 is 0 Å². The normalized spacial score (nSPS) is 16.2. The van der Waals surface area contributed by atoms with E-state index in [1.807, 2.05) is 6.07 Å². The van der Waals surface area contributed by atoms with E-state index in [0.29, 0.717) is 23.4 Å². The molecule has 1 fully saturated rings. The second-order valence-corrected chi connectivity index (χ2v) is 7.72. The highest BCUT2D eigenvalue weighted by molar-refractivity contribution is 5.64. The summed E-state index contributed by atoms with van der Waals surface area (Å²) in [5, 5.41) is 0. The van der Waals surface area contributed by atoms with Gasteiger partial charge < -0.3 is 26.0 Å². The minimum atomic E-state index is 0.254. The van der Waals surface area contributed by atoms with E-state index < -0.39 is 0 Å². The molecule has 1 atom stereocenters. The predicted octanol–water partition coefficient (Wildman–Crippen LogP) is 2.42. The molecule has 1 saturated heterocycles. The molecule has 0 spiro atoms. The number of hydrogen-bond donors (Lipinski definition) is 2. The Kier molecular flexibility index (Phi) is 5.67. The number of ether oxygens (including phenoxy) is 1. The molecule has 0 amide bonds. The van der Waals surface area contributed by atoms with Crippen LogP contribution in [-0.4, -0.2) is 53.1 Å². The number of anilines is 3. The summed E-state index contributed by atoms with van der Waals surface area (Å²) < 4.78 is 5.78. The van der Waals surface area contributed by atoms with Crippen LogP contribution in [0.1, 0.15) is 12.0 Å². The molecule has 0 radical (unpaired) electrons. The third-order valence-corrected chi connectivity index (χ3v) is 5.41. The first kappa shape index (κ1) is 19.9. The quantitative estimate of drug-likeness (QED) is 0.644. The van der Waals surface area contributed by atoms with E-state index in [2.05, 4.69) is 63.1 Å². The molecule has 0 saturated carbocycles. The molecule has 0 bridgehead atoms. The van der Waals surface area contributed by atoms with Crippen molar-refractivity contribution >= 4 is 17.3 Å². The van der Waals surface area contributed by atoms with Gasteiger partial charge in [0.15, 0.2) is 5.82 Å². The van der Waals surface area contributed by atoms with Crippen LogP contribution < -0.4 is 21.1 Å². The summed E-state index contributed by atoms with van der Waals surface area (Å²) in [5.41, 5.74) is 15.5. The Labute approximate surface area is 176 Å². The van der Waals surface area contributed by atoms with E-state index in [9.17, 15) is 0 Å². The zero-order valence-electron chi connectivity index (χ0n) is 17.3. The van der Waals surface area contributed by atoms with E-state index in [4.69, 9.17) is 16.2 Å². The van der Waals surface area contributed by atoms with Gasteiger partial charge in [-0.3, -0.25) is 0 Å². The van der Waals surface area contributed by atoms with Crippen LogP contribution in [-0.2, 0) is 6.61 Å². The van der Waals surface area contributed by atoms with Gasteiger partial charge in [0.25, 0.3) is 5.88 Å². The Morgan fingerprint density at radius 2 is 1.93 bits per heavy atom. The molecule has 8 nitrogen and oxygen atoms in total. The van der Waals surface area contributed by atoms with Crippen molar-refractivity contribution in [1.82, 2.24) is 19.9 Å². The maximum Gasteiger partial charge on any atom is 0.258 e. The van der Waals surface area contributed by atoms with Gasteiger partial charge in [0.2, 0.25) is 0 Å². The molecule has 3 heterocycles. The van der Waals surface area contributed by atoms with Crippen molar-refractivity contribution in [3.63, 3.8) is 0 Å². The number of hydrogen-bond acceptors (Lipinski definition) is 8. The SMILES string of the molecule is CN(C)C1CCN(c2ccc(-c3cnc(N)c(OCc4ccnc(N)c4)n3)cc2)C1. The molecule has 1 unspecified atom stereocenters. The zero-order valence-corrected chi connectivity index (χ0v) is 17.3. The highest BCUT2D eigenvalue weighted by atomic mass is 16.5. The molecule has 30 heavy (non-hydrogen) atoms. The summed E-state index contributed by atoms with van der Waals surface area (Å²) in [5.74, 6) is 1.00. The lowest BCUT2D eigenvalue weighted by molar-refractivity contribution is 0.295. The molecule has 156 valence electrons. The van der Waals surface area contributed by atoms with Crippen molar-refractivity contribution < 1.29 is 4.74 Å². The number of rotatable bonds is 6. The summed E-state index contributed by atoms with van der Waals surface area (Å²) in [7, 11) is 4.28. The standard InChI is InChI=1S/C22H27N7O/c1-28(2)18-8-10-29(13-18)17-5-3-16(4-6-17)19-12-26-21(24)22(27-19)30-14-15-7-9-25-20(23)11-15/h3-7,9,11-12,18H,8,10,13-14H2,1-2H3,(H2,23,25)(H2,24,26). The summed E-state index contributed by atoms with van der Waals surface area (Å²) in [4.78, 5) is 17.5. The molecular weight excluding hydrogens is 378 g/mol. The van der Waals surface area contributed by atoms with Crippen molar-refractivity contribution in [2.45, 2.75) is 19.1 Å². The average Bonchev–Trinajstić information content (AvgIpc) is 3.24. The summed E-state index contributed by atoms with van der Waals surface area (Å²) in [6.45, 7) is 2.41. The van der Waals surface area contributed by atoms with Crippen molar-refractivity contribution in [2.24, 2.45) is 0 Å². The molecule has 0 aliphatic carbocycles. The lowest BCUT2D eigenvalue weighted by Gasteiger charge is -2.22. The van der Waals surface area contributed by atoms with Gasteiger partial charge in [0.05, 0.1) is 11.9 Å². The van der Waals surface area contributed by atoms with Crippen LogP contribution in [0.25, 0.3) is 11.3 Å². The molecule has 4 N–H and O–H groups in total. The summed E-state index contributed by atoms with van der Waals surface area (Å²) in [6, 6.07) is 12.6. The second-order valence-electron chi connectivity index (χ2n) is 7.72. The number of nitrogens with two attached hydrogens (primary N) is 2. The number of nitrogens with zero attached hydrogens (tertiary/aromatic N) is 5. The molecule has 4 rings (SSSR count). The summed E-state index contributed by atoms with van der Waals surface area (Å²) >= 11 is 0. The van der Waals surface area contributed by atoms with Gasteiger partial charge in [-0.2, -0.15) is 0 Å². The van der Waals surface area contributed by atoms with Crippen LogP contribution in [0.5, 0.6) is 5.88 Å². The molecule has 3 aromatic rings. The third kappa shape index (κ3) is 4.44.